The van der Waals surface area contributed by atoms with Gasteiger partial charge in [0, 0.05) is 17.8 Å². The quantitative estimate of drug-likeness (QED) is 0.502. The first kappa shape index (κ1) is 14.8. The number of nitrogens with one attached hydrogen (secondary N) is 1. The van der Waals surface area contributed by atoms with Crippen molar-refractivity contribution >= 4 is 22.7 Å². The van der Waals surface area contributed by atoms with Crippen LogP contribution in [0, 0.1) is 10.1 Å². The van der Waals surface area contributed by atoms with Crippen LogP contribution in [0.5, 0.6) is 0 Å². The molecule has 0 aliphatic rings. The van der Waals surface area contributed by atoms with E-state index in [4.69, 9.17) is 5.73 Å². The molecule has 5 nitrogen and oxygen atoms in total. The van der Waals surface area contributed by atoms with Crippen molar-refractivity contribution in [3.63, 3.8) is 0 Å². The lowest BCUT2D eigenvalue weighted by Crippen LogP contribution is -2.13. The maximum Gasteiger partial charge on any atom is 0.271 e. The van der Waals surface area contributed by atoms with E-state index in [1.54, 1.807) is 6.07 Å². The van der Waals surface area contributed by atoms with Gasteiger partial charge in [0.05, 0.1) is 16.3 Å². The van der Waals surface area contributed by atoms with E-state index in [0.717, 1.165) is 11.3 Å². The van der Waals surface area contributed by atoms with Crippen LogP contribution in [0.1, 0.15) is 26.3 Å². The zero-order chi connectivity index (χ0) is 15.6. The lowest BCUT2D eigenvalue weighted by molar-refractivity contribution is -0.384. The highest BCUT2D eigenvalue weighted by Gasteiger charge is 2.18. The van der Waals surface area contributed by atoms with Crippen LogP contribution in [0.4, 0.5) is 22.7 Å². The minimum atomic E-state index is -0.455. The molecule has 110 valence electrons. The number of nitro benzene ring substituents is 1. The fraction of sp³-hybridized carbons (Fsp3) is 0.250. The number of hydrogen-bond donors (Lipinski definition) is 2. The maximum atomic E-state index is 10.7. The Morgan fingerprint density at radius 2 is 1.76 bits per heavy atom. The fourth-order valence-corrected chi connectivity index (χ4v) is 2.17. The van der Waals surface area contributed by atoms with Gasteiger partial charge in [-0.15, -0.1) is 0 Å². The van der Waals surface area contributed by atoms with Crippen molar-refractivity contribution in [2.24, 2.45) is 0 Å². The predicted octanol–water partition coefficient (Wildman–Crippen LogP) is 4.22. The molecule has 0 atom stereocenters. The third-order valence-corrected chi connectivity index (χ3v) is 3.25. The number of benzene rings is 2. The highest BCUT2D eigenvalue weighted by Crippen LogP contribution is 2.33. The lowest BCUT2D eigenvalue weighted by Gasteiger charge is -2.23. The summed E-state index contributed by atoms with van der Waals surface area (Å²) >= 11 is 0. The molecule has 0 radical (unpaired) electrons. The third kappa shape index (κ3) is 3.31. The van der Waals surface area contributed by atoms with Crippen LogP contribution >= 0.6 is 0 Å². The van der Waals surface area contributed by atoms with Gasteiger partial charge in [-0.1, -0.05) is 39.0 Å². The summed E-state index contributed by atoms with van der Waals surface area (Å²) in [6.45, 7) is 6.39. The van der Waals surface area contributed by atoms with E-state index in [2.05, 4.69) is 32.2 Å². The molecule has 2 rings (SSSR count). The van der Waals surface area contributed by atoms with Crippen molar-refractivity contribution in [3.05, 3.63) is 58.1 Å². The van der Waals surface area contributed by atoms with E-state index in [9.17, 15) is 10.1 Å². The molecule has 5 heteroatoms. The standard InChI is InChI=1S/C16H19N3O2/c1-16(2,3)12-6-4-5-7-14(12)18-15-9-8-11(19(20)21)10-13(15)17/h4-10,18H,17H2,1-3H3. The fourth-order valence-electron chi connectivity index (χ4n) is 2.17. The van der Waals surface area contributed by atoms with Gasteiger partial charge in [0.15, 0.2) is 0 Å². The summed E-state index contributed by atoms with van der Waals surface area (Å²) in [5.41, 5.74) is 9.00. The second-order valence-electron chi connectivity index (χ2n) is 5.95. The predicted molar refractivity (Wildman–Crippen MR) is 85.9 cm³/mol. The van der Waals surface area contributed by atoms with Gasteiger partial charge in [-0.3, -0.25) is 10.1 Å². The number of nitrogen functional groups attached to an aromatic ring is 1. The highest BCUT2D eigenvalue weighted by molar-refractivity contribution is 5.76. The largest absolute Gasteiger partial charge is 0.397 e. The van der Waals surface area contributed by atoms with Crippen LogP contribution in [0.3, 0.4) is 0 Å². The van der Waals surface area contributed by atoms with Gasteiger partial charge in [0.25, 0.3) is 5.69 Å². The van der Waals surface area contributed by atoms with Crippen LogP contribution < -0.4 is 11.1 Å². The number of anilines is 3. The molecule has 2 aromatic rings. The second-order valence-corrected chi connectivity index (χ2v) is 5.95. The van der Waals surface area contributed by atoms with Crippen molar-refractivity contribution in [1.82, 2.24) is 0 Å². The summed E-state index contributed by atoms with van der Waals surface area (Å²) in [5, 5.41) is 14.0. The van der Waals surface area contributed by atoms with Gasteiger partial charge in [-0.05, 0) is 23.1 Å². The van der Waals surface area contributed by atoms with E-state index in [-0.39, 0.29) is 11.1 Å². The van der Waals surface area contributed by atoms with E-state index < -0.39 is 4.92 Å². The molecule has 0 bridgehead atoms. The molecule has 0 aliphatic carbocycles. The molecule has 0 heterocycles. The van der Waals surface area contributed by atoms with Crippen molar-refractivity contribution in [3.8, 4) is 0 Å². The summed E-state index contributed by atoms with van der Waals surface area (Å²) in [5.74, 6) is 0. The average Bonchev–Trinajstić information content (AvgIpc) is 2.40. The third-order valence-electron chi connectivity index (χ3n) is 3.25. The van der Waals surface area contributed by atoms with Crippen LogP contribution in [0.2, 0.25) is 0 Å². The summed E-state index contributed by atoms with van der Waals surface area (Å²) in [7, 11) is 0. The minimum absolute atomic E-state index is 0.0119. The lowest BCUT2D eigenvalue weighted by atomic mass is 9.86. The highest BCUT2D eigenvalue weighted by atomic mass is 16.6. The van der Waals surface area contributed by atoms with Crippen LogP contribution in [0.15, 0.2) is 42.5 Å². The number of nitrogens with two attached hydrogens (primary N) is 1. The van der Waals surface area contributed by atoms with Gasteiger partial charge in [-0.25, -0.2) is 0 Å². The Morgan fingerprint density at radius 1 is 1.10 bits per heavy atom. The van der Waals surface area contributed by atoms with Crippen LogP contribution in [-0.2, 0) is 5.41 Å². The van der Waals surface area contributed by atoms with Crippen molar-refractivity contribution in [2.45, 2.75) is 26.2 Å². The number of hydrogen-bond acceptors (Lipinski definition) is 4. The summed E-state index contributed by atoms with van der Waals surface area (Å²) in [4.78, 5) is 10.3. The van der Waals surface area contributed by atoms with Crippen molar-refractivity contribution < 1.29 is 4.92 Å². The monoisotopic (exact) mass is 285 g/mol. The summed E-state index contributed by atoms with van der Waals surface area (Å²) < 4.78 is 0. The van der Waals surface area contributed by atoms with Gasteiger partial charge in [-0.2, -0.15) is 0 Å². The first-order chi connectivity index (χ1) is 9.79. The van der Waals surface area contributed by atoms with E-state index in [0.29, 0.717) is 11.4 Å². The molecule has 3 N–H and O–H groups in total. The number of rotatable bonds is 3. The summed E-state index contributed by atoms with van der Waals surface area (Å²) in [6.07, 6.45) is 0. The Kier molecular flexibility index (Phi) is 3.84. The second kappa shape index (κ2) is 5.44. The molecule has 0 spiro atoms. The number of non-ortho nitro benzene ring substituents is 1. The SMILES string of the molecule is CC(C)(C)c1ccccc1Nc1ccc([N+](=O)[O-])cc1N. The Morgan fingerprint density at radius 3 is 2.33 bits per heavy atom. The van der Waals surface area contributed by atoms with Crippen LogP contribution in [-0.4, -0.2) is 4.92 Å². The topological polar surface area (TPSA) is 81.2 Å². The van der Waals surface area contributed by atoms with E-state index in [1.807, 2.05) is 18.2 Å². The molecule has 0 unspecified atom stereocenters. The number of nitrogens with zero attached hydrogens (tertiary/aromatic N) is 1. The van der Waals surface area contributed by atoms with E-state index in [1.165, 1.54) is 12.1 Å². The maximum absolute atomic E-state index is 10.7. The zero-order valence-corrected chi connectivity index (χ0v) is 12.4. The Hall–Kier alpha value is -2.56. The zero-order valence-electron chi connectivity index (χ0n) is 12.4. The van der Waals surface area contributed by atoms with Crippen LogP contribution in [0.25, 0.3) is 0 Å². The first-order valence-electron chi connectivity index (χ1n) is 6.69. The molecule has 0 aromatic heterocycles. The minimum Gasteiger partial charge on any atom is -0.397 e. The Labute approximate surface area is 123 Å². The van der Waals surface area contributed by atoms with E-state index >= 15 is 0 Å². The molecule has 0 fully saturated rings. The molecular weight excluding hydrogens is 266 g/mol. The molecule has 2 aromatic carbocycles. The molecule has 21 heavy (non-hydrogen) atoms. The Bertz CT molecular complexity index is 675. The van der Waals surface area contributed by atoms with Crippen molar-refractivity contribution in [2.75, 3.05) is 11.1 Å². The van der Waals surface area contributed by atoms with Gasteiger partial charge in [0.1, 0.15) is 0 Å². The molecule has 0 amide bonds. The Balaban J connectivity index is 2.38. The first-order valence-corrected chi connectivity index (χ1v) is 6.69. The molecule has 0 saturated carbocycles. The molecule has 0 saturated heterocycles. The molecular formula is C16H19N3O2. The number of para-hydroxylation sites is 1. The van der Waals surface area contributed by atoms with Gasteiger partial charge in [0.2, 0.25) is 0 Å². The van der Waals surface area contributed by atoms with Gasteiger partial charge >= 0.3 is 0 Å². The average molecular weight is 285 g/mol. The number of nitro groups is 1. The smallest absolute Gasteiger partial charge is 0.271 e. The van der Waals surface area contributed by atoms with Crippen molar-refractivity contribution in [1.29, 1.82) is 0 Å². The summed E-state index contributed by atoms with van der Waals surface area (Å²) in [6, 6.07) is 12.4. The normalized spacial score (nSPS) is 11.2. The molecule has 0 aliphatic heterocycles. The van der Waals surface area contributed by atoms with Gasteiger partial charge < -0.3 is 11.1 Å².